The van der Waals surface area contributed by atoms with Gasteiger partial charge in [0, 0.05) is 13.0 Å². The zero-order valence-corrected chi connectivity index (χ0v) is 18.2. The van der Waals surface area contributed by atoms with E-state index in [0.717, 1.165) is 0 Å². The van der Waals surface area contributed by atoms with E-state index in [0.29, 0.717) is 6.42 Å². The molecule has 0 heterocycles. The van der Waals surface area contributed by atoms with E-state index in [-0.39, 0.29) is 37.7 Å². The maximum absolute atomic E-state index is 12.3. The highest BCUT2D eigenvalue weighted by molar-refractivity contribution is 5.90. The number of nitrogens with two attached hydrogens (primary N) is 3. The van der Waals surface area contributed by atoms with Gasteiger partial charge in [0.05, 0.1) is 6.04 Å². The van der Waals surface area contributed by atoms with E-state index in [2.05, 4.69) is 20.9 Å². The maximum Gasteiger partial charge on any atom is 0.326 e. The Morgan fingerprint density at radius 3 is 2.06 bits per heavy atom. The normalized spacial score (nSPS) is 13.4. The van der Waals surface area contributed by atoms with Gasteiger partial charge in [-0.15, -0.1) is 0 Å². The summed E-state index contributed by atoms with van der Waals surface area (Å²) < 4.78 is 0. The fraction of sp³-hybridized carbons (Fsp3) is 0.667. The molecule has 182 valence electrons. The first kappa shape index (κ1) is 28.6. The van der Waals surface area contributed by atoms with Crippen molar-refractivity contribution in [1.29, 1.82) is 0 Å². The van der Waals surface area contributed by atoms with E-state index in [1.54, 1.807) is 13.8 Å². The smallest absolute Gasteiger partial charge is 0.326 e. The predicted octanol–water partition coefficient (Wildman–Crippen LogP) is -2.94. The lowest BCUT2D eigenvalue weighted by molar-refractivity contribution is -0.142. The Balaban J connectivity index is 4.95. The lowest BCUT2D eigenvalue weighted by Crippen LogP contribution is -2.51. The molecule has 0 bridgehead atoms. The van der Waals surface area contributed by atoms with Crippen LogP contribution in [0.4, 0.5) is 0 Å². The van der Waals surface area contributed by atoms with Gasteiger partial charge in [0.1, 0.15) is 18.6 Å². The molecule has 0 saturated carbocycles. The van der Waals surface area contributed by atoms with Gasteiger partial charge in [-0.1, -0.05) is 13.8 Å². The zero-order chi connectivity index (χ0) is 24.8. The summed E-state index contributed by atoms with van der Waals surface area (Å²) in [5, 5.41) is 24.9. The van der Waals surface area contributed by atoms with Crippen LogP contribution in [0.15, 0.2) is 4.99 Å². The van der Waals surface area contributed by atoms with Gasteiger partial charge in [-0.25, -0.2) is 4.79 Å². The van der Waals surface area contributed by atoms with Crippen LogP contribution in [0.3, 0.4) is 0 Å². The number of carbonyl (C=O) groups is 5. The molecule has 0 spiro atoms. The summed E-state index contributed by atoms with van der Waals surface area (Å²) in [4.78, 5) is 62.3. The van der Waals surface area contributed by atoms with Gasteiger partial charge in [-0.2, -0.15) is 0 Å². The zero-order valence-electron chi connectivity index (χ0n) is 18.2. The SMILES string of the molecule is CC(C)[C@H](N)C(=O)N[C@H](CCC(=O)N[C@H](CCCN=C(N)N)C(=O)NCC(=O)O)C(=O)O. The van der Waals surface area contributed by atoms with E-state index >= 15 is 0 Å². The van der Waals surface area contributed by atoms with Crippen molar-refractivity contribution in [3.63, 3.8) is 0 Å². The first-order valence-corrected chi connectivity index (χ1v) is 9.98. The summed E-state index contributed by atoms with van der Waals surface area (Å²) in [6, 6.07) is -3.33. The molecule has 0 aromatic carbocycles. The fourth-order valence-electron chi connectivity index (χ4n) is 2.43. The van der Waals surface area contributed by atoms with Crippen molar-refractivity contribution in [2.45, 2.75) is 57.7 Å². The van der Waals surface area contributed by atoms with E-state index in [1.165, 1.54) is 0 Å². The molecular weight excluding hydrogens is 426 g/mol. The summed E-state index contributed by atoms with van der Waals surface area (Å²) >= 11 is 0. The second-order valence-corrected chi connectivity index (χ2v) is 7.39. The lowest BCUT2D eigenvalue weighted by atomic mass is 10.0. The summed E-state index contributed by atoms with van der Waals surface area (Å²) in [5.74, 6) is -4.99. The molecule has 0 radical (unpaired) electrons. The monoisotopic (exact) mass is 459 g/mol. The number of amides is 3. The quantitative estimate of drug-likeness (QED) is 0.0702. The molecule has 32 heavy (non-hydrogen) atoms. The number of nitrogens with one attached hydrogen (secondary N) is 3. The molecule has 0 saturated heterocycles. The number of hydrogen-bond acceptors (Lipinski definition) is 7. The number of aliphatic imine (C=N–C) groups is 1. The highest BCUT2D eigenvalue weighted by Gasteiger charge is 2.26. The van der Waals surface area contributed by atoms with E-state index in [9.17, 15) is 29.1 Å². The van der Waals surface area contributed by atoms with Crippen molar-refractivity contribution in [3.05, 3.63) is 0 Å². The number of guanidine groups is 1. The number of carboxylic acids is 2. The topological polar surface area (TPSA) is 252 Å². The Morgan fingerprint density at radius 2 is 1.56 bits per heavy atom. The number of nitrogens with zero attached hydrogens (tertiary/aromatic N) is 1. The van der Waals surface area contributed by atoms with Crippen LogP contribution in [0, 0.1) is 5.92 Å². The molecule has 3 amide bonds. The number of carboxylic acid groups (broad SMARTS) is 2. The molecule has 0 aliphatic heterocycles. The molecule has 0 rings (SSSR count). The third-order valence-electron chi connectivity index (χ3n) is 4.31. The molecule has 0 aliphatic carbocycles. The van der Waals surface area contributed by atoms with Crippen LogP contribution < -0.4 is 33.2 Å². The molecular formula is C18H33N7O7. The van der Waals surface area contributed by atoms with Crippen LogP contribution in [-0.4, -0.2) is 77.0 Å². The Bertz CT molecular complexity index is 708. The highest BCUT2D eigenvalue weighted by Crippen LogP contribution is 2.05. The van der Waals surface area contributed by atoms with Crippen molar-refractivity contribution < 1.29 is 34.2 Å². The third kappa shape index (κ3) is 12.3. The average Bonchev–Trinajstić information content (AvgIpc) is 2.69. The molecule has 0 aromatic rings. The number of rotatable bonds is 15. The predicted molar refractivity (Wildman–Crippen MR) is 114 cm³/mol. The fourth-order valence-corrected chi connectivity index (χ4v) is 2.43. The molecule has 0 aromatic heterocycles. The van der Waals surface area contributed by atoms with Gasteiger partial charge < -0.3 is 43.4 Å². The van der Waals surface area contributed by atoms with Gasteiger partial charge in [-0.05, 0) is 25.2 Å². The molecule has 3 atom stereocenters. The first-order valence-electron chi connectivity index (χ1n) is 9.98. The van der Waals surface area contributed by atoms with Gasteiger partial charge >= 0.3 is 11.9 Å². The van der Waals surface area contributed by atoms with Crippen LogP contribution in [0.5, 0.6) is 0 Å². The van der Waals surface area contributed by atoms with E-state index < -0.39 is 54.3 Å². The maximum atomic E-state index is 12.3. The second kappa shape index (κ2) is 14.6. The summed E-state index contributed by atoms with van der Waals surface area (Å²) in [7, 11) is 0. The number of carbonyl (C=O) groups excluding carboxylic acids is 3. The Morgan fingerprint density at radius 1 is 0.938 bits per heavy atom. The number of aliphatic carboxylic acids is 2. The minimum Gasteiger partial charge on any atom is -0.480 e. The molecule has 0 fully saturated rings. The van der Waals surface area contributed by atoms with Crippen molar-refractivity contribution in [3.8, 4) is 0 Å². The summed E-state index contributed by atoms with van der Waals surface area (Å²) in [6.45, 7) is 2.96. The molecule has 0 unspecified atom stereocenters. The average molecular weight is 460 g/mol. The minimum absolute atomic E-state index is 0.107. The van der Waals surface area contributed by atoms with Crippen LogP contribution in [0.2, 0.25) is 0 Å². The minimum atomic E-state index is -1.35. The molecule has 0 aliphatic rings. The largest absolute Gasteiger partial charge is 0.480 e. The van der Waals surface area contributed by atoms with Gasteiger partial charge in [0.2, 0.25) is 17.7 Å². The van der Waals surface area contributed by atoms with Crippen molar-refractivity contribution in [2.75, 3.05) is 13.1 Å². The lowest BCUT2D eigenvalue weighted by Gasteiger charge is -2.21. The van der Waals surface area contributed by atoms with Crippen molar-refractivity contribution in [1.82, 2.24) is 16.0 Å². The highest BCUT2D eigenvalue weighted by atomic mass is 16.4. The molecule has 11 N–H and O–H groups in total. The molecule has 14 nitrogen and oxygen atoms in total. The Kier molecular flexibility index (Phi) is 13.0. The van der Waals surface area contributed by atoms with Crippen LogP contribution >= 0.6 is 0 Å². The van der Waals surface area contributed by atoms with Crippen molar-refractivity contribution >= 4 is 35.6 Å². The molecule has 14 heteroatoms. The second-order valence-electron chi connectivity index (χ2n) is 7.39. The van der Waals surface area contributed by atoms with E-state index in [1.807, 2.05) is 0 Å². The Hall–Kier alpha value is -3.42. The van der Waals surface area contributed by atoms with Crippen molar-refractivity contribution in [2.24, 2.45) is 28.1 Å². The first-order chi connectivity index (χ1) is 14.8. The standard InChI is InChI=1S/C18H33N7O7/c1-9(2)14(19)16(30)25-11(17(31)32)5-6-12(26)24-10(4-3-7-22-18(20)21)15(29)23-8-13(27)28/h9-11,14H,3-8,19H2,1-2H3,(H,23,29)(H,24,26)(H,25,30)(H,27,28)(H,31,32)(H4,20,21,22)/t10-,11-,14+/m1/s1. The van der Waals surface area contributed by atoms with E-state index in [4.69, 9.17) is 22.3 Å². The summed E-state index contributed by atoms with van der Waals surface area (Å²) in [5.41, 5.74) is 16.1. The van der Waals surface area contributed by atoms with Gasteiger partial charge in [0.25, 0.3) is 0 Å². The van der Waals surface area contributed by atoms with Crippen LogP contribution in [0.25, 0.3) is 0 Å². The van der Waals surface area contributed by atoms with Crippen LogP contribution in [-0.2, 0) is 24.0 Å². The van der Waals surface area contributed by atoms with Crippen LogP contribution in [0.1, 0.15) is 39.5 Å². The number of hydrogen-bond donors (Lipinski definition) is 8. The third-order valence-corrected chi connectivity index (χ3v) is 4.31. The Labute approximate surface area is 185 Å². The summed E-state index contributed by atoms with van der Waals surface area (Å²) in [6.07, 6.45) is -0.138. The van der Waals surface area contributed by atoms with Gasteiger partial charge in [0.15, 0.2) is 5.96 Å². The van der Waals surface area contributed by atoms with Gasteiger partial charge in [-0.3, -0.25) is 24.2 Å².